The molecule has 0 saturated carbocycles. The van der Waals surface area contributed by atoms with Gasteiger partial charge in [-0.3, -0.25) is 9.59 Å². The molecule has 3 rings (SSSR count). The smallest absolute Gasteiger partial charge is 0.260 e. The van der Waals surface area contributed by atoms with Gasteiger partial charge in [0.25, 0.3) is 5.91 Å². The average Bonchev–Trinajstić information content (AvgIpc) is 2.69. The van der Waals surface area contributed by atoms with E-state index in [4.69, 9.17) is 4.74 Å². The number of likely N-dealkylation sites (tertiary alicyclic amines) is 1. The number of amides is 2. The number of nitrogens with one attached hydrogen (secondary N) is 2. The van der Waals surface area contributed by atoms with Crippen LogP contribution in [-0.2, 0) is 9.59 Å². The van der Waals surface area contributed by atoms with E-state index >= 15 is 0 Å². The molecule has 1 aromatic carbocycles. The van der Waals surface area contributed by atoms with Crippen molar-refractivity contribution >= 4 is 11.8 Å². The Labute approximate surface area is 155 Å². The van der Waals surface area contributed by atoms with Gasteiger partial charge in [0.05, 0.1) is 5.92 Å². The quantitative estimate of drug-likeness (QED) is 0.837. The Kier molecular flexibility index (Phi) is 6.50. The molecular weight excluding hydrogens is 330 g/mol. The molecule has 1 aromatic rings. The summed E-state index contributed by atoms with van der Waals surface area (Å²) in [6, 6.07) is 9.81. The molecule has 6 nitrogen and oxygen atoms in total. The standard InChI is InChI=1S/C20H29N3O3/c1-15-18(10-5-11-21-15)22-20(25)16-7-6-12-23(13-16)19(24)14-26-17-8-3-2-4-9-17/h2-4,8-9,15-16,18,21H,5-7,10-14H2,1H3,(H,22,25). The van der Waals surface area contributed by atoms with Crippen LogP contribution in [0.1, 0.15) is 32.6 Å². The van der Waals surface area contributed by atoms with E-state index < -0.39 is 0 Å². The summed E-state index contributed by atoms with van der Waals surface area (Å²) in [5.41, 5.74) is 0. The molecule has 142 valence electrons. The monoisotopic (exact) mass is 359 g/mol. The Balaban J connectivity index is 1.48. The van der Waals surface area contributed by atoms with Gasteiger partial charge in [-0.05, 0) is 51.3 Å². The second kappa shape index (κ2) is 9.03. The molecule has 2 amide bonds. The van der Waals surface area contributed by atoms with Gasteiger partial charge in [-0.15, -0.1) is 0 Å². The van der Waals surface area contributed by atoms with Crippen LogP contribution in [0.5, 0.6) is 5.75 Å². The van der Waals surface area contributed by atoms with E-state index in [2.05, 4.69) is 17.6 Å². The SMILES string of the molecule is CC1NCCCC1NC(=O)C1CCCN(C(=O)COc2ccccc2)C1. The Hall–Kier alpha value is -2.08. The molecule has 0 aliphatic carbocycles. The van der Waals surface area contributed by atoms with Crippen molar-refractivity contribution in [3.63, 3.8) is 0 Å². The maximum absolute atomic E-state index is 12.7. The number of hydrogen-bond acceptors (Lipinski definition) is 4. The van der Waals surface area contributed by atoms with Crippen LogP contribution in [0.2, 0.25) is 0 Å². The van der Waals surface area contributed by atoms with Crippen molar-refractivity contribution in [2.75, 3.05) is 26.2 Å². The molecule has 3 unspecified atom stereocenters. The highest BCUT2D eigenvalue weighted by molar-refractivity contribution is 5.82. The minimum atomic E-state index is -0.126. The van der Waals surface area contributed by atoms with E-state index in [1.54, 1.807) is 4.90 Å². The minimum absolute atomic E-state index is 0.0158. The third kappa shape index (κ3) is 4.97. The Morgan fingerprint density at radius 3 is 2.81 bits per heavy atom. The number of piperidine rings is 2. The maximum Gasteiger partial charge on any atom is 0.260 e. The number of para-hydroxylation sites is 1. The fraction of sp³-hybridized carbons (Fsp3) is 0.600. The zero-order valence-electron chi connectivity index (χ0n) is 15.4. The van der Waals surface area contributed by atoms with Crippen molar-refractivity contribution in [1.82, 2.24) is 15.5 Å². The van der Waals surface area contributed by atoms with Crippen molar-refractivity contribution in [1.29, 1.82) is 0 Å². The van der Waals surface area contributed by atoms with E-state index in [9.17, 15) is 9.59 Å². The highest BCUT2D eigenvalue weighted by Gasteiger charge is 2.31. The Bertz CT molecular complexity index is 608. The molecular formula is C20H29N3O3. The van der Waals surface area contributed by atoms with Crippen LogP contribution in [0.15, 0.2) is 30.3 Å². The van der Waals surface area contributed by atoms with Crippen LogP contribution in [0.25, 0.3) is 0 Å². The van der Waals surface area contributed by atoms with Gasteiger partial charge in [-0.25, -0.2) is 0 Å². The molecule has 2 fully saturated rings. The molecule has 0 spiro atoms. The Morgan fingerprint density at radius 1 is 1.23 bits per heavy atom. The second-order valence-corrected chi connectivity index (χ2v) is 7.28. The van der Waals surface area contributed by atoms with Crippen LogP contribution < -0.4 is 15.4 Å². The largest absolute Gasteiger partial charge is 0.484 e. The van der Waals surface area contributed by atoms with Gasteiger partial charge in [0, 0.05) is 25.2 Å². The molecule has 2 saturated heterocycles. The summed E-state index contributed by atoms with van der Waals surface area (Å²) in [4.78, 5) is 26.9. The lowest BCUT2D eigenvalue weighted by Gasteiger charge is -2.35. The predicted octanol–water partition coefficient (Wildman–Crippen LogP) is 1.56. The fourth-order valence-electron chi connectivity index (χ4n) is 3.71. The molecule has 3 atom stereocenters. The summed E-state index contributed by atoms with van der Waals surface area (Å²) in [6.45, 7) is 4.32. The number of benzene rings is 1. The van der Waals surface area contributed by atoms with E-state index in [1.807, 2.05) is 30.3 Å². The van der Waals surface area contributed by atoms with E-state index in [0.29, 0.717) is 24.9 Å². The summed E-state index contributed by atoms with van der Waals surface area (Å²) in [6.07, 6.45) is 3.79. The number of carbonyl (C=O) groups excluding carboxylic acids is 2. The van der Waals surface area contributed by atoms with Crippen molar-refractivity contribution in [3.8, 4) is 5.75 Å². The van der Waals surface area contributed by atoms with Crippen LogP contribution in [0.4, 0.5) is 0 Å². The summed E-state index contributed by atoms with van der Waals surface area (Å²) in [5, 5.41) is 6.59. The number of hydrogen-bond donors (Lipinski definition) is 2. The van der Waals surface area contributed by atoms with Gasteiger partial charge in [-0.1, -0.05) is 18.2 Å². The molecule has 0 radical (unpaired) electrons. The first-order valence-corrected chi connectivity index (χ1v) is 9.63. The molecule has 26 heavy (non-hydrogen) atoms. The zero-order chi connectivity index (χ0) is 18.4. The zero-order valence-corrected chi connectivity index (χ0v) is 15.4. The first-order valence-electron chi connectivity index (χ1n) is 9.63. The van der Waals surface area contributed by atoms with Crippen LogP contribution in [0, 0.1) is 5.92 Å². The molecule has 2 heterocycles. The van der Waals surface area contributed by atoms with Gasteiger partial charge in [0.15, 0.2) is 6.61 Å². The van der Waals surface area contributed by atoms with Crippen molar-refractivity contribution in [3.05, 3.63) is 30.3 Å². The van der Waals surface area contributed by atoms with Gasteiger partial charge in [0.2, 0.25) is 5.91 Å². The highest BCUT2D eigenvalue weighted by atomic mass is 16.5. The fourth-order valence-corrected chi connectivity index (χ4v) is 3.71. The molecule has 0 aromatic heterocycles. The number of nitrogens with zero attached hydrogens (tertiary/aromatic N) is 1. The van der Waals surface area contributed by atoms with Crippen molar-refractivity contribution < 1.29 is 14.3 Å². The summed E-state index contributed by atoms with van der Waals surface area (Å²) in [7, 11) is 0. The molecule has 0 bridgehead atoms. The van der Waals surface area contributed by atoms with E-state index in [1.165, 1.54) is 0 Å². The Morgan fingerprint density at radius 2 is 2.04 bits per heavy atom. The van der Waals surface area contributed by atoms with Gasteiger partial charge < -0.3 is 20.3 Å². The lowest BCUT2D eigenvalue weighted by atomic mass is 9.94. The number of rotatable bonds is 5. The molecule has 6 heteroatoms. The summed E-state index contributed by atoms with van der Waals surface area (Å²) < 4.78 is 5.55. The normalized spacial score (nSPS) is 26.2. The number of carbonyl (C=O) groups is 2. The van der Waals surface area contributed by atoms with Gasteiger partial charge in [-0.2, -0.15) is 0 Å². The van der Waals surface area contributed by atoms with Crippen LogP contribution in [0.3, 0.4) is 0 Å². The lowest BCUT2D eigenvalue weighted by molar-refractivity contribution is -0.137. The van der Waals surface area contributed by atoms with Crippen LogP contribution >= 0.6 is 0 Å². The van der Waals surface area contributed by atoms with Crippen LogP contribution in [-0.4, -0.2) is 55.0 Å². The van der Waals surface area contributed by atoms with Crippen molar-refractivity contribution in [2.45, 2.75) is 44.7 Å². The number of ether oxygens (including phenoxy) is 1. The summed E-state index contributed by atoms with van der Waals surface area (Å²) in [5.74, 6) is 0.579. The molecule has 2 aliphatic heterocycles. The van der Waals surface area contributed by atoms with Gasteiger partial charge >= 0.3 is 0 Å². The predicted molar refractivity (Wildman–Crippen MR) is 99.9 cm³/mol. The maximum atomic E-state index is 12.7. The first kappa shape index (κ1) is 18.7. The minimum Gasteiger partial charge on any atom is -0.484 e. The van der Waals surface area contributed by atoms with Crippen molar-refractivity contribution in [2.24, 2.45) is 5.92 Å². The van der Waals surface area contributed by atoms with E-state index in [-0.39, 0.29) is 30.4 Å². The summed E-state index contributed by atoms with van der Waals surface area (Å²) >= 11 is 0. The molecule has 2 N–H and O–H groups in total. The molecule has 2 aliphatic rings. The topological polar surface area (TPSA) is 70.7 Å². The highest BCUT2D eigenvalue weighted by Crippen LogP contribution is 2.19. The average molecular weight is 359 g/mol. The third-order valence-corrected chi connectivity index (χ3v) is 5.34. The second-order valence-electron chi connectivity index (χ2n) is 7.28. The van der Waals surface area contributed by atoms with E-state index in [0.717, 1.165) is 32.2 Å². The first-order chi connectivity index (χ1) is 12.6. The lowest BCUT2D eigenvalue weighted by Crippen LogP contribution is -2.55. The third-order valence-electron chi connectivity index (χ3n) is 5.34. The van der Waals surface area contributed by atoms with Gasteiger partial charge in [0.1, 0.15) is 5.75 Å².